The first-order chi connectivity index (χ1) is 8.81. The number of nitrogens with zero attached hydrogens (tertiary/aromatic N) is 2. The molecule has 0 spiro atoms. The van der Waals surface area contributed by atoms with E-state index in [1.807, 2.05) is 49.0 Å². The summed E-state index contributed by atoms with van der Waals surface area (Å²) in [5.41, 5.74) is 3.08. The molecule has 0 bridgehead atoms. The summed E-state index contributed by atoms with van der Waals surface area (Å²) in [6, 6.07) is 9.78. The van der Waals surface area contributed by atoms with Gasteiger partial charge in [0.05, 0.1) is 5.69 Å². The van der Waals surface area contributed by atoms with Crippen molar-refractivity contribution in [1.82, 2.24) is 9.36 Å². The van der Waals surface area contributed by atoms with Gasteiger partial charge in [-0.3, -0.25) is 9.48 Å². The van der Waals surface area contributed by atoms with Gasteiger partial charge >= 0.3 is 0 Å². The average molecular weight is 258 g/mol. The highest BCUT2D eigenvalue weighted by molar-refractivity contribution is 5.33. The van der Waals surface area contributed by atoms with E-state index in [-0.39, 0.29) is 11.0 Å². The zero-order valence-electron chi connectivity index (χ0n) is 12.4. The van der Waals surface area contributed by atoms with E-state index in [1.165, 1.54) is 0 Å². The Bertz CT molecular complexity index is 627. The molecule has 0 atom stereocenters. The Morgan fingerprint density at radius 3 is 2.21 bits per heavy atom. The molecule has 0 amide bonds. The van der Waals surface area contributed by atoms with Crippen LogP contribution in [-0.2, 0) is 13.5 Å². The topological polar surface area (TPSA) is 26.9 Å². The molecule has 102 valence electrons. The van der Waals surface area contributed by atoms with Crippen molar-refractivity contribution < 1.29 is 0 Å². The second kappa shape index (κ2) is 4.72. The minimum absolute atomic E-state index is 0.0983. The quantitative estimate of drug-likeness (QED) is 0.813. The summed E-state index contributed by atoms with van der Waals surface area (Å²) in [5, 5.41) is 0. The van der Waals surface area contributed by atoms with Gasteiger partial charge < -0.3 is 0 Å². The average Bonchev–Trinajstić information content (AvgIpc) is 2.53. The van der Waals surface area contributed by atoms with Gasteiger partial charge in [0.2, 0.25) is 0 Å². The molecule has 1 aromatic heterocycles. The summed E-state index contributed by atoms with van der Waals surface area (Å²) in [7, 11) is 1.94. The molecular weight excluding hydrogens is 236 g/mol. The standard InChI is InChI=1S/C16H22N2O/c1-12-14(11-16(2,3)4)15(19)18(17(12)5)13-9-7-6-8-10-13/h6-10H,11H2,1-5H3. The van der Waals surface area contributed by atoms with E-state index >= 15 is 0 Å². The maximum Gasteiger partial charge on any atom is 0.274 e. The molecule has 0 unspecified atom stereocenters. The van der Waals surface area contributed by atoms with Gasteiger partial charge in [0.15, 0.2) is 0 Å². The van der Waals surface area contributed by atoms with Crippen molar-refractivity contribution >= 4 is 0 Å². The van der Waals surface area contributed by atoms with Crippen LogP contribution in [0, 0.1) is 12.3 Å². The van der Waals surface area contributed by atoms with Crippen molar-refractivity contribution in [2.45, 2.75) is 34.1 Å². The largest absolute Gasteiger partial charge is 0.285 e. The molecule has 1 aromatic carbocycles. The lowest BCUT2D eigenvalue weighted by atomic mass is 9.88. The molecule has 0 N–H and O–H groups in total. The molecule has 1 heterocycles. The van der Waals surface area contributed by atoms with Crippen LogP contribution in [0.5, 0.6) is 0 Å². The van der Waals surface area contributed by atoms with Crippen molar-refractivity contribution in [1.29, 1.82) is 0 Å². The molecule has 19 heavy (non-hydrogen) atoms. The highest BCUT2D eigenvalue weighted by Crippen LogP contribution is 2.21. The molecule has 3 heteroatoms. The fourth-order valence-corrected chi connectivity index (χ4v) is 2.36. The summed E-state index contributed by atoms with van der Waals surface area (Å²) >= 11 is 0. The van der Waals surface area contributed by atoms with Crippen molar-refractivity contribution in [2.75, 3.05) is 0 Å². The SMILES string of the molecule is Cc1c(CC(C)(C)C)c(=O)n(-c2ccccc2)n1C. The highest BCUT2D eigenvalue weighted by Gasteiger charge is 2.21. The van der Waals surface area contributed by atoms with E-state index in [2.05, 4.69) is 20.8 Å². The maximum atomic E-state index is 12.6. The van der Waals surface area contributed by atoms with Gasteiger partial charge in [-0.25, -0.2) is 4.68 Å². The molecule has 0 fully saturated rings. The molecule has 0 saturated carbocycles. The first kappa shape index (κ1) is 13.7. The molecule has 0 aliphatic heterocycles. The second-order valence-corrected chi connectivity index (χ2v) is 6.28. The van der Waals surface area contributed by atoms with E-state index in [0.717, 1.165) is 23.4 Å². The van der Waals surface area contributed by atoms with Gasteiger partial charge in [-0.05, 0) is 30.9 Å². The van der Waals surface area contributed by atoms with E-state index in [1.54, 1.807) is 4.68 Å². The third kappa shape index (κ3) is 2.65. The first-order valence-corrected chi connectivity index (χ1v) is 6.64. The molecule has 0 radical (unpaired) electrons. The van der Waals surface area contributed by atoms with Gasteiger partial charge in [0.1, 0.15) is 0 Å². The number of aromatic nitrogens is 2. The van der Waals surface area contributed by atoms with E-state index in [4.69, 9.17) is 0 Å². The third-order valence-electron chi connectivity index (χ3n) is 3.38. The Balaban J connectivity index is 2.60. The van der Waals surface area contributed by atoms with Crippen LogP contribution in [0.4, 0.5) is 0 Å². The summed E-state index contributed by atoms with van der Waals surface area (Å²) in [4.78, 5) is 12.6. The van der Waals surface area contributed by atoms with E-state index < -0.39 is 0 Å². The van der Waals surface area contributed by atoms with Crippen molar-refractivity contribution in [2.24, 2.45) is 12.5 Å². The Labute approximate surface area is 114 Å². The maximum absolute atomic E-state index is 12.6. The Morgan fingerprint density at radius 2 is 1.68 bits per heavy atom. The zero-order valence-corrected chi connectivity index (χ0v) is 12.4. The monoisotopic (exact) mass is 258 g/mol. The Hall–Kier alpha value is -1.77. The van der Waals surface area contributed by atoms with Crippen LogP contribution in [0.1, 0.15) is 32.0 Å². The van der Waals surface area contributed by atoms with Gasteiger partial charge in [-0.1, -0.05) is 39.0 Å². The zero-order chi connectivity index (χ0) is 14.2. The van der Waals surface area contributed by atoms with E-state index in [0.29, 0.717) is 0 Å². The van der Waals surface area contributed by atoms with Gasteiger partial charge in [0, 0.05) is 18.3 Å². The predicted molar refractivity (Wildman–Crippen MR) is 78.9 cm³/mol. The van der Waals surface area contributed by atoms with Crippen LogP contribution in [0.2, 0.25) is 0 Å². The Morgan fingerprint density at radius 1 is 1.11 bits per heavy atom. The number of hydrogen-bond acceptors (Lipinski definition) is 1. The summed E-state index contributed by atoms with van der Waals surface area (Å²) in [6.45, 7) is 8.49. The minimum atomic E-state index is 0.0983. The summed E-state index contributed by atoms with van der Waals surface area (Å²) in [5.74, 6) is 0. The van der Waals surface area contributed by atoms with Crippen molar-refractivity contribution in [3.8, 4) is 5.69 Å². The lowest BCUT2D eigenvalue weighted by Gasteiger charge is -2.16. The minimum Gasteiger partial charge on any atom is -0.285 e. The fourth-order valence-electron chi connectivity index (χ4n) is 2.36. The smallest absolute Gasteiger partial charge is 0.274 e. The van der Waals surface area contributed by atoms with Crippen LogP contribution in [-0.4, -0.2) is 9.36 Å². The highest BCUT2D eigenvalue weighted by atomic mass is 16.1. The number of para-hydroxylation sites is 1. The lowest BCUT2D eigenvalue weighted by molar-refractivity contribution is 0.409. The fraction of sp³-hybridized carbons (Fsp3) is 0.438. The predicted octanol–water partition coefficient (Wildman–Crippen LogP) is 3.07. The number of rotatable bonds is 2. The third-order valence-corrected chi connectivity index (χ3v) is 3.38. The number of hydrogen-bond donors (Lipinski definition) is 0. The van der Waals surface area contributed by atoms with Crippen LogP contribution in [0.25, 0.3) is 5.69 Å². The molecule has 2 aromatic rings. The van der Waals surface area contributed by atoms with Gasteiger partial charge in [-0.2, -0.15) is 0 Å². The van der Waals surface area contributed by atoms with Crippen LogP contribution >= 0.6 is 0 Å². The molecule has 2 rings (SSSR count). The number of benzene rings is 1. The van der Waals surface area contributed by atoms with Crippen LogP contribution in [0.3, 0.4) is 0 Å². The second-order valence-electron chi connectivity index (χ2n) is 6.28. The molecule has 3 nitrogen and oxygen atoms in total. The molecule has 0 aliphatic rings. The molecule has 0 aliphatic carbocycles. The summed E-state index contributed by atoms with van der Waals surface area (Å²) < 4.78 is 3.69. The van der Waals surface area contributed by atoms with Crippen LogP contribution in [0.15, 0.2) is 35.1 Å². The van der Waals surface area contributed by atoms with Gasteiger partial charge in [-0.15, -0.1) is 0 Å². The molecular formula is C16H22N2O. The van der Waals surface area contributed by atoms with Crippen LogP contribution < -0.4 is 5.56 Å². The normalized spacial score (nSPS) is 11.8. The van der Waals surface area contributed by atoms with Crippen molar-refractivity contribution in [3.63, 3.8) is 0 Å². The Kier molecular flexibility index (Phi) is 3.40. The van der Waals surface area contributed by atoms with Gasteiger partial charge in [0.25, 0.3) is 5.56 Å². The van der Waals surface area contributed by atoms with E-state index in [9.17, 15) is 4.79 Å². The molecule has 0 saturated heterocycles. The lowest BCUT2D eigenvalue weighted by Crippen LogP contribution is -2.23. The van der Waals surface area contributed by atoms with Crippen molar-refractivity contribution in [3.05, 3.63) is 51.9 Å². The summed E-state index contributed by atoms with van der Waals surface area (Å²) in [6.07, 6.45) is 0.797. The first-order valence-electron chi connectivity index (χ1n) is 6.64.